The molecule has 2 rings (SSSR count). The Labute approximate surface area is 119 Å². The highest BCUT2D eigenvalue weighted by Gasteiger charge is 2.22. The van der Waals surface area contributed by atoms with E-state index in [1.165, 1.54) is 0 Å². The van der Waals surface area contributed by atoms with Crippen molar-refractivity contribution in [2.45, 2.75) is 12.8 Å². The SMILES string of the molecule is O=C1NCCCCN/C(Cl)=C\1c1cc(O)c(F)cc1F. The van der Waals surface area contributed by atoms with Crippen LogP contribution in [0.1, 0.15) is 18.4 Å². The Morgan fingerprint density at radius 3 is 2.45 bits per heavy atom. The average molecular weight is 303 g/mol. The normalized spacial score (nSPS) is 20.4. The molecule has 1 aromatic rings. The number of halogens is 3. The van der Waals surface area contributed by atoms with Gasteiger partial charge in [0.25, 0.3) is 5.91 Å². The molecule has 0 aliphatic carbocycles. The zero-order chi connectivity index (χ0) is 14.7. The molecule has 1 amide bonds. The largest absolute Gasteiger partial charge is 0.505 e. The van der Waals surface area contributed by atoms with Gasteiger partial charge in [0.05, 0.1) is 5.57 Å². The Bertz CT molecular complexity index is 576. The first-order valence-corrected chi connectivity index (χ1v) is 6.48. The fourth-order valence-electron chi connectivity index (χ4n) is 1.90. The third kappa shape index (κ3) is 3.01. The molecule has 1 aliphatic rings. The number of benzene rings is 1. The highest BCUT2D eigenvalue weighted by Crippen LogP contribution is 2.28. The fraction of sp³-hybridized carbons (Fsp3) is 0.308. The van der Waals surface area contributed by atoms with E-state index in [1.54, 1.807) is 0 Å². The zero-order valence-electron chi connectivity index (χ0n) is 10.5. The summed E-state index contributed by atoms with van der Waals surface area (Å²) in [5, 5.41) is 14.7. The third-order valence-corrected chi connectivity index (χ3v) is 3.24. The number of amides is 1. The van der Waals surface area contributed by atoms with E-state index in [4.69, 9.17) is 11.6 Å². The van der Waals surface area contributed by atoms with Crippen molar-refractivity contribution in [1.29, 1.82) is 0 Å². The van der Waals surface area contributed by atoms with Crippen LogP contribution in [-0.4, -0.2) is 24.1 Å². The van der Waals surface area contributed by atoms with Gasteiger partial charge in [-0.1, -0.05) is 11.6 Å². The van der Waals surface area contributed by atoms with Crippen LogP contribution in [0.3, 0.4) is 0 Å². The minimum Gasteiger partial charge on any atom is -0.505 e. The molecular formula is C13H13ClF2N2O2. The van der Waals surface area contributed by atoms with Crippen molar-refractivity contribution < 1.29 is 18.7 Å². The van der Waals surface area contributed by atoms with Crippen LogP contribution >= 0.6 is 11.6 Å². The summed E-state index contributed by atoms with van der Waals surface area (Å²) < 4.78 is 26.9. The summed E-state index contributed by atoms with van der Waals surface area (Å²) in [4.78, 5) is 12.0. The predicted octanol–water partition coefficient (Wildman–Crippen LogP) is 2.08. The van der Waals surface area contributed by atoms with Gasteiger partial charge in [-0.2, -0.15) is 0 Å². The van der Waals surface area contributed by atoms with Crippen LogP contribution in [0.2, 0.25) is 0 Å². The first-order chi connectivity index (χ1) is 9.50. The van der Waals surface area contributed by atoms with Crippen molar-refractivity contribution in [3.05, 3.63) is 34.5 Å². The van der Waals surface area contributed by atoms with E-state index in [9.17, 15) is 18.7 Å². The number of carbonyl (C=O) groups is 1. The second-order valence-electron chi connectivity index (χ2n) is 4.36. The third-order valence-electron chi connectivity index (χ3n) is 2.92. The predicted molar refractivity (Wildman–Crippen MR) is 71.0 cm³/mol. The van der Waals surface area contributed by atoms with E-state index in [-0.39, 0.29) is 16.3 Å². The van der Waals surface area contributed by atoms with Gasteiger partial charge in [-0.15, -0.1) is 0 Å². The monoisotopic (exact) mass is 302 g/mol. The molecule has 3 N–H and O–H groups in total. The number of hydrogen-bond acceptors (Lipinski definition) is 3. The molecule has 0 aromatic heterocycles. The van der Waals surface area contributed by atoms with E-state index < -0.39 is 23.3 Å². The minimum atomic E-state index is -1.10. The Morgan fingerprint density at radius 1 is 1.10 bits per heavy atom. The van der Waals surface area contributed by atoms with Crippen molar-refractivity contribution >= 4 is 23.1 Å². The number of nitrogens with one attached hydrogen (secondary N) is 2. The van der Waals surface area contributed by atoms with Gasteiger partial charge in [0.1, 0.15) is 11.0 Å². The van der Waals surface area contributed by atoms with Gasteiger partial charge in [-0.05, 0) is 18.9 Å². The van der Waals surface area contributed by atoms with Crippen molar-refractivity contribution in [3.63, 3.8) is 0 Å². The molecule has 0 radical (unpaired) electrons. The molecule has 108 valence electrons. The molecule has 4 nitrogen and oxygen atoms in total. The Kier molecular flexibility index (Phi) is 4.44. The summed E-state index contributed by atoms with van der Waals surface area (Å²) in [5.41, 5.74) is -0.401. The maximum absolute atomic E-state index is 13.8. The van der Waals surface area contributed by atoms with Crippen molar-refractivity contribution in [3.8, 4) is 5.75 Å². The molecule has 0 spiro atoms. The molecule has 0 fully saturated rings. The highest BCUT2D eigenvalue weighted by atomic mass is 35.5. The summed E-state index contributed by atoms with van der Waals surface area (Å²) in [6.07, 6.45) is 1.55. The Balaban J connectivity index is 2.52. The second kappa shape index (κ2) is 6.09. The summed E-state index contributed by atoms with van der Waals surface area (Å²) in [7, 11) is 0. The van der Waals surface area contributed by atoms with Crippen molar-refractivity contribution in [1.82, 2.24) is 10.6 Å². The fourth-order valence-corrected chi connectivity index (χ4v) is 2.18. The maximum Gasteiger partial charge on any atom is 0.255 e. The van der Waals surface area contributed by atoms with Crippen molar-refractivity contribution in [2.24, 2.45) is 0 Å². The average Bonchev–Trinajstić information content (AvgIpc) is 2.46. The summed E-state index contributed by atoms with van der Waals surface area (Å²) in [5.74, 6) is -3.38. The second-order valence-corrected chi connectivity index (χ2v) is 4.74. The van der Waals surface area contributed by atoms with Crippen LogP contribution in [-0.2, 0) is 4.79 Å². The standard InChI is InChI=1S/C13H13ClF2N2O2/c14-12-11(13(20)18-4-2-1-3-17-12)7-5-10(19)9(16)6-8(7)15/h5-6,17,19H,1-4H2,(H,18,20)/b12-11-. The topological polar surface area (TPSA) is 61.4 Å². The molecule has 0 bridgehead atoms. The molecule has 0 saturated carbocycles. The molecule has 1 heterocycles. The van der Waals surface area contributed by atoms with Crippen LogP contribution in [0.5, 0.6) is 5.75 Å². The van der Waals surface area contributed by atoms with Crippen LogP contribution in [0, 0.1) is 11.6 Å². The molecule has 1 aromatic carbocycles. The number of aromatic hydroxyl groups is 1. The van der Waals surface area contributed by atoms with Gasteiger partial charge >= 0.3 is 0 Å². The van der Waals surface area contributed by atoms with Gasteiger partial charge in [-0.3, -0.25) is 4.79 Å². The number of phenolic OH excluding ortho intramolecular Hbond substituents is 1. The van der Waals surface area contributed by atoms with Gasteiger partial charge in [0.2, 0.25) is 0 Å². The van der Waals surface area contributed by atoms with E-state index in [1.807, 2.05) is 0 Å². The summed E-state index contributed by atoms with van der Waals surface area (Å²) >= 11 is 5.99. The minimum absolute atomic E-state index is 0.0330. The number of phenols is 1. The lowest BCUT2D eigenvalue weighted by Crippen LogP contribution is -2.26. The Hall–Kier alpha value is -1.82. The Morgan fingerprint density at radius 2 is 1.75 bits per heavy atom. The lowest BCUT2D eigenvalue weighted by molar-refractivity contribution is -0.115. The molecule has 0 unspecified atom stereocenters. The van der Waals surface area contributed by atoms with Gasteiger partial charge < -0.3 is 15.7 Å². The van der Waals surface area contributed by atoms with E-state index >= 15 is 0 Å². The number of hydrogen-bond donors (Lipinski definition) is 3. The van der Waals surface area contributed by atoms with Gasteiger partial charge in [-0.25, -0.2) is 8.78 Å². The van der Waals surface area contributed by atoms with Crippen LogP contribution in [0.4, 0.5) is 8.78 Å². The first-order valence-electron chi connectivity index (χ1n) is 6.11. The van der Waals surface area contributed by atoms with Crippen molar-refractivity contribution in [2.75, 3.05) is 13.1 Å². The molecule has 1 aliphatic heterocycles. The quantitative estimate of drug-likeness (QED) is 0.696. The molecular weight excluding hydrogens is 290 g/mol. The smallest absolute Gasteiger partial charge is 0.255 e. The molecule has 20 heavy (non-hydrogen) atoms. The molecule has 7 heteroatoms. The van der Waals surface area contributed by atoms with Gasteiger partial charge in [0.15, 0.2) is 11.6 Å². The summed E-state index contributed by atoms with van der Waals surface area (Å²) in [6, 6.07) is 1.36. The number of rotatable bonds is 1. The van der Waals surface area contributed by atoms with Gasteiger partial charge in [0, 0.05) is 24.7 Å². The highest BCUT2D eigenvalue weighted by molar-refractivity contribution is 6.39. The zero-order valence-corrected chi connectivity index (χ0v) is 11.2. The van der Waals surface area contributed by atoms with Crippen LogP contribution < -0.4 is 10.6 Å². The van der Waals surface area contributed by atoms with E-state index in [2.05, 4.69) is 10.6 Å². The van der Waals surface area contributed by atoms with Crippen LogP contribution in [0.15, 0.2) is 17.3 Å². The van der Waals surface area contributed by atoms with E-state index in [0.29, 0.717) is 19.2 Å². The first kappa shape index (κ1) is 14.6. The lowest BCUT2D eigenvalue weighted by Gasteiger charge is -2.12. The molecule has 0 atom stereocenters. The number of carbonyl (C=O) groups excluding carboxylic acids is 1. The lowest BCUT2D eigenvalue weighted by atomic mass is 10.0. The summed E-state index contributed by atoms with van der Waals surface area (Å²) in [6.45, 7) is 0.967. The van der Waals surface area contributed by atoms with Crippen LogP contribution in [0.25, 0.3) is 5.57 Å². The van der Waals surface area contributed by atoms with E-state index in [0.717, 1.165) is 18.9 Å². The molecule has 0 saturated heterocycles. The maximum atomic E-state index is 13.8.